The van der Waals surface area contributed by atoms with Crippen molar-refractivity contribution in [3.8, 4) is 11.5 Å². The molecule has 21 heavy (non-hydrogen) atoms. The number of aliphatic hydroxyl groups is 1. The van der Waals surface area contributed by atoms with Crippen LogP contribution in [-0.2, 0) is 6.54 Å². The van der Waals surface area contributed by atoms with Crippen molar-refractivity contribution < 1.29 is 14.6 Å². The molecule has 0 saturated heterocycles. The van der Waals surface area contributed by atoms with E-state index < -0.39 is 6.10 Å². The average molecular weight is 287 g/mol. The Bertz CT molecular complexity index is 557. The monoisotopic (exact) mass is 287 g/mol. The molecule has 1 atom stereocenters. The molecule has 4 heteroatoms. The van der Waals surface area contributed by atoms with E-state index in [0.717, 1.165) is 12.1 Å². The van der Waals surface area contributed by atoms with Crippen LogP contribution in [0.4, 0.5) is 0 Å². The SMILES string of the molecule is COc1ccc([C@@H](O)CNCc2ccccc2)cc1OC. The zero-order valence-corrected chi connectivity index (χ0v) is 12.4. The lowest BCUT2D eigenvalue weighted by atomic mass is 10.1. The number of hydrogen-bond acceptors (Lipinski definition) is 4. The van der Waals surface area contributed by atoms with Crippen LogP contribution in [0.15, 0.2) is 48.5 Å². The molecule has 0 fully saturated rings. The van der Waals surface area contributed by atoms with Crippen molar-refractivity contribution in [2.75, 3.05) is 20.8 Å². The van der Waals surface area contributed by atoms with Gasteiger partial charge in [-0.15, -0.1) is 0 Å². The Morgan fingerprint density at radius 2 is 1.71 bits per heavy atom. The number of ether oxygens (including phenoxy) is 2. The first-order valence-electron chi connectivity index (χ1n) is 6.89. The number of benzene rings is 2. The molecule has 0 spiro atoms. The third-order valence-electron chi connectivity index (χ3n) is 3.30. The molecule has 0 aliphatic rings. The zero-order valence-electron chi connectivity index (χ0n) is 12.4. The molecule has 2 rings (SSSR count). The number of aliphatic hydroxyl groups excluding tert-OH is 1. The van der Waals surface area contributed by atoms with Crippen LogP contribution in [0.1, 0.15) is 17.2 Å². The highest BCUT2D eigenvalue weighted by atomic mass is 16.5. The number of hydrogen-bond donors (Lipinski definition) is 2. The van der Waals surface area contributed by atoms with Crippen LogP contribution in [0.3, 0.4) is 0 Å². The highest BCUT2D eigenvalue weighted by Crippen LogP contribution is 2.29. The van der Waals surface area contributed by atoms with E-state index >= 15 is 0 Å². The van der Waals surface area contributed by atoms with Gasteiger partial charge in [0.1, 0.15) is 0 Å². The third kappa shape index (κ3) is 4.21. The zero-order chi connectivity index (χ0) is 15.1. The summed E-state index contributed by atoms with van der Waals surface area (Å²) in [5, 5.41) is 13.5. The summed E-state index contributed by atoms with van der Waals surface area (Å²) in [5.74, 6) is 1.28. The molecular formula is C17H21NO3. The molecule has 0 aliphatic heterocycles. The molecule has 0 unspecified atom stereocenters. The quantitative estimate of drug-likeness (QED) is 0.821. The van der Waals surface area contributed by atoms with Crippen molar-refractivity contribution in [2.45, 2.75) is 12.6 Å². The fraction of sp³-hybridized carbons (Fsp3) is 0.294. The lowest BCUT2D eigenvalue weighted by molar-refractivity contribution is 0.174. The predicted octanol–water partition coefficient (Wildman–Crippen LogP) is 2.53. The number of rotatable bonds is 7. The van der Waals surface area contributed by atoms with Gasteiger partial charge in [0.2, 0.25) is 0 Å². The number of nitrogens with one attached hydrogen (secondary N) is 1. The largest absolute Gasteiger partial charge is 0.493 e. The molecule has 2 aromatic carbocycles. The second-order valence-corrected chi connectivity index (χ2v) is 4.75. The fourth-order valence-corrected chi connectivity index (χ4v) is 2.13. The Balaban J connectivity index is 1.92. The summed E-state index contributed by atoms with van der Waals surface area (Å²) >= 11 is 0. The van der Waals surface area contributed by atoms with Crippen molar-refractivity contribution >= 4 is 0 Å². The lowest BCUT2D eigenvalue weighted by Crippen LogP contribution is -2.21. The summed E-state index contributed by atoms with van der Waals surface area (Å²) in [7, 11) is 3.18. The lowest BCUT2D eigenvalue weighted by Gasteiger charge is -2.15. The van der Waals surface area contributed by atoms with E-state index in [1.165, 1.54) is 5.56 Å². The van der Waals surface area contributed by atoms with Crippen LogP contribution in [0, 0.1) is 0 Å². The summed E-state index contributed by atoms with van der Waals surface area (Å²) < 4.78 is 10.4. The van der Waals surface area contributed by atoms with Crippen LogP contribution in [0.2, 0.25) is 0 Å². The predicted molar refractivity (Wildman–Crippen MR) is 82.7 cm³/mol. The van der Waals surface area contributed by atoms with Gasteiger partial charge in [-0.05, 0) is 23.3 Å². The summed E-state index contributed by atoms with van der Waals surface area (Å²) in [6.07, 6.45) is -0.589. The van der Waals surface area contributed by atoms with E-state index in [9.17, 15) is 5.11 Å². The number of methoxy groups -OCH3 is 2. The van der Waals surface area contributed by atoms with Gasteiger partial charge in [-0.3, -0.25) is 0 Å². The Kier molecular flexibility index (Phi) is 5.60. The Labute approximate surface area is 125 Å². The molecule has 2 N–H and O–H groups in total. The van der Waals surface area contributed by atoms with Gasteiger partial charge in [0.05, 0.1) is 20.3 Å². The Morgan fingerprint density at radius 3 is 2.38 bits per heavy atom. The molecule has 112 valence electrons. The molecule has 0 heterocycles. The first kappa shape index (κ1) is 15.4. The molecule has 0 amide bonds. The molecular weight excluding hydrogens is 266 g/mol. The minimum Gasteiger partial charge on any atom is -0.493 e. The second kappa shape index (κ2) is 7.67. The van der Waals surface area contributed by atoms with Crippen molar-refractivity contribution in [2.24, 2.45) is 0 Å². The van der Waals surface area contributed by atoms with Gasteiger partial charge in [0.15, 0.2) is 11.5 Å². The van der Waals surface area contributed by atoms with Crippen molar-refractivity contribution in [1.29, 1.82) is 0 Å². The molecule has 0 aliphatic carbocycles. The topological polar surface area (TPSA) is 50.7 Å². The maximum atomic E-state index is 10.2. The van der Waals surface area contributed by atoms with Crippen LogP contribution in [0.25, 0.3) is 0 Å². The normalized spacial score (nSPS) is 12.0. The third-order valence-corrected chi connectivity index (χ3v) is 3.30. The van der Waals surface area contributed by atoms with Gasteiger partial charge >= 0.3 is 0 Å². The second-order valence-electron chi connectivity index (χ2n) is 4.75. The van der Waals surface area contributed by atoms with E-state index in [2.05, 4.69) is 17.4 Å². The maximum Gasteiger partial charge on any atom is 0.161 e. The van der Waals surface area contributed by atoms with Crippen LogP contribution >= 0.6 is 0 Å². The first-order chi connectivity index (χ1) is 10.2. The molecule has 4 nitrogen and oxygen atoms in total. The van der Waals surface area contributed by atoms with E-state index in [4.69, 9.17) is 9.47 Å². The smallest absolute Gasteiger partial charge is 0.161 e. The average Bonchev–Trinajstić information content (AvgIpc) is 2.55. The summed E-state index contributed by atoms with van der Waals surface area (Å²) in [4.78, 5) is 0. The van der Waals surface area contributed by atoms with Crippen LogP contribution < -0.4 is 14.8 Å². The highest BCUT2D eigenvalue weighted by Gasteiger charge is 2.11. The van der Waals surface area contributed by atoms with Gasteiger partial charge in [-0.25, -0.2) is 0 Å². The van der Waals surface area contributed by atoms with Gasteiger partial charge < -0.3 is 19.9 Å². The van der Waals surface area contributed by atoms with Crippen molar-refractivity contribution in [1.82, 2.24) is 5.32 Å². The van der Waals surface area contributed by atoms with Gasteiger partial charge in [0.25, 0.3) is 0 Å². The van der Waals surface area contributed by atoms with Crippen LogP contribution in [-0.4, -0.2) is 25.9 Å². The van der Waals surface area contributed by atoms with Crippen molar-refractivity contribution in [3.63, 3.8) is 0 Å². The minimum absolute atomic E-state index is 0.477. The van der Waals surface area contributed by atoms with Gasteiger partial charge in [-0.2, -0.15) is 0 Å². The Morgan fingerprint density at radius 1 is 1.00 bits per heavy atom. The van der Waals surface area contributed by atoms with Crippen LogP contribution in [0.5, 0.6) is 11.5 Å². The standard InChI is InChI=1S/C17H21NO3/c1-20-16-9-8-14(10-17(16)21-2)15(19)12-18-11-13-6-4-3-5-7-13/h3-10,15,18-19H,11-12H2,1-2H3/t15-/m0/s1. The molecule has 0 radical (unpaired) electrons. The summed E-state index contributed by atoms with van der Waals surface area (Å²) in [5.41, 5.74) is 1.99. The molecule has 0 saturated carbocycles. The van der Waals surface area contributed by atoms with Gasteiger partial charge in [0, 0.05) is 13.1 Å². The first-order valence-corrected chi connectivity index (χ1v) is 6.89. The Hall–Kier alpha value is -2.04. The fourth-order valence-electron chi connectivity index (χ4n) is 2.13. The van der Waals surface area contributed by atoms with E-state index in [1.54, 1.807) is 26.4 Å². The van der Waals surface area contributed by atoms with E-state index in [1.807, 2.05) is 24.3 Å². The molecule has 2 aromatic rings. The van der Waals surface area contributed by atoms with E-state index in [-0.39, 0.29) is 0 Å². The highest BCUT2D eigenvalue weighted by molar-refractivity contribution is 5.43. The summed E-state index contributed by atoms with van der Waals surface area (Å²) in [6, 6.07) is 15.5. The maximum absolute atomic E-state index is 10.2. The summed E-state index contributed by atoms with van der Waals surface area (Å²) in [6.45, 7) is 1.20. The minimum atomic E-state index is -0.589. The molecule has 0 bridgehead atoms. The van der Waals surface area contributed by atoms with E-state index in [0.29, 0.717) is 18.0 Å². The van der Waals surface area contributed by atoms with Crippen molar-refractivity contribution in [3.05, 3.63) is 59.7 Å². The molecule has 0 aromatic heterocycles. The van der Waals surface area contributed by atoms with Gasteiger partial charge in [-0.1, -0.05) is 36.4 Å².